The van der Waals surface area contributed by atoms with Crippen molar-refractivity contribution >= 4 is 0 Å². The van der Waals surface area contributed by atoms with Gasteiger partial charge in [0.15, 0.2) is 0 Å². The molecule has 2 fully saturated rings. The van der Waals surface area contributed by atoms with Crippen molar-refractivity contribution < 1.29 is 0 Å². The first kappa shape index (κ1) is 10.3. The summed E-state index contributed by atoms with van der Waals surface area (Å²) in [5.74, 6) is 0.895. The summed E-state index contributed by atoms with van der Waals surface area (Å²) in [6.45, 7) is 0. The molecule has 2 aliphatic rings. The highest BCUT2D eigenvalue weighted by molar-refractivity contribution is 5.16. The van der Waals surface area contributed by atoms with Gasteiger partial charge in [0.2, 0.25) is 0 Å². The van der Waals surface area contributed by atoms with Crippen molar-refractivity contribution in [1.29, 1.82) is 0 Å². The second kappa shape index (κ2) is 4.21. The molecule has 0 saturated carbocycles. The summed E-state index contributed by atoms with van der Waals surface area (Å²) in [6.07, 6.45) is 7.01. The van der Waals surface area contributed by atoms with Crippen molar-refractivity contribution in [2.24, 2.45) is 5.92 Å². The minimum absolute atomic E-state index is 0.860. The molecule has 2 heterocycles. The molecule has 3 atom stereocenters. The number of benzene rings is 1. The molecule has 1 aromatic rings. The number of rotatable bonds is 2. The van der Waals surface area contributed by atoms with E-state index in [1.54, 1.807) is 0 Å². The third-order valence-corrected chi connectivity index (χ3v) is 4.65. The number of piperidine rings is 1. The maximum absolute atomic E-state index is 2.65. The van der Waals surface area contributed by atoms with Gasteiger partial charge >= 0.3 is 0 Å². The van der Waals surface area contributed by atoms with Crippen LogP contribution in [0.25, 0.3) is 0 Å². The summed E-state index contributed by atoms with van der Waals surface area (Å²) in [4.78, 5) is 2.65. The van der Waals surface area contributed by atoms with Crippen molar-refractivity contribution in [1.82, 2.24) is 4.90 Å². The molecule has 86 valence electrons. The van der Waals surface area contributed by atoms with Crippen molar-refractivity contribution in [3.8, 4) is 0 Å². The molecule has 0 spiro atoms. The van der Waals surface area contributed by atoms with E-state index >= 15 is 0 Å². The molecule has 16 heavy (non-hydrogen) atoms. The Labute approximate surface area is 98.5 Å². The van der Waals surface area contributed by atoms with Crippen LogP contribution in [0.4, 0.5) is 0 Å². The predicted molar refractivity (Wildman–Crippen MR) is 67.4 cm³/mol. The van der Waals surface area contributed by atoms with Crippen LogP contribution in [0.15, 0.2) is 30.3 Å². The van der Waals surface area contributed by atoms with Crippen LogP contribution in [0.2, 0.25) is 0 Å². The second-order valence-corrected chi connectivity index (χ2v) is 5.49. The van der Waals surface area contributed by atoms with Gasteiger partial charge in [-0.3, -0.25) is 0 Å². The monoisotopic (exact) mass is 215 g/mol. The molecule has 1 heteroatoms. The Balaban J connectivity index is 1.72. The lowest BCUT2D eigenvalue weighted by atomic mass is 9.85. The normalized spacial score (nSPS) is 34.2. The van der Waals surface area contributed by atoms with E-state index in [1.165, 1.54) is 37.7 Å². The Bertz CT molecular complexity index is 346. The second-order valence-electron chi connectivity index (χ2n) is 5.49. The van der Waals surface area contributed by atoms with Gasteiger partial charge in [-0.2, -0.15) is 0 Å². The highest BCUT2D eigenvalue weighted by Crippen LogP contribution is 2.39. The van der Waals surface area contributed by atoms with E-state index in [9.17, 15) is 0 Å². The third kappa shape index (κ3) is 1.78. The van der Waals surface area contributed by atoms with Crippen molar-refractivity contribution in [3.63, 3.8) is 0 Å². The van der Waals surface area contributed by atoms with Gasteiger partial charge in [0, 0.05) is 12.1 Å². The maximum Gasteiger partial charge on any atom is 0.0127 e. The molecule has 2 aliphatic heterocycles. The Morgan fingerprint density at radius 3 is 2.62 bits per heavy atom. The third-order valence-electron chi connectivity index (χ3n) is 4.65. The summed E-state index contributed by atoms with van der Waals surface area (Å²) in [6, 6.07) is 12.8. The van der Waals surface area contributed by atoms with Gasteiger partial charge in [-0.15, -0.1) is 0 Å². The van der Waals surface area contributed by atoms with E-state index in [2.05, 4.69) is 42.3 Å². The molecule has 0 aliphatic carbocycles. The van der Waals surface area contributed by atoms with Crippen LogP contribution in [-0.2, 0) is 6.42 Å². The van der Waals surface area contributed by atoms with Gasteiger partial charge in [-0.25, -0.2) is 0 Å². The molecular formula is C15H21N. The minimum Gasteiger partial charge on any atom is -0.300 e. The first-order valence-electron chi connectivity index (χ1n) is 6.60. The molecule has 0 aromatic heterocycles. The first-order chi connectivity index (χ1) is 7.84. The zero-order valence-electron chi connectivity index (χ0n) is 10.1. The van der Waals surface area contributed by atoms with Crippen LogP contribution >= 0.6 is 0 Å². The lowest BCUT2D eigenvalue weighted by Crippen LogP contribution is -2.42. The highest BCUT2D eigenvalue weighted by Gasteiger charge is 2.39. The van der Waals surface area contributed by atoms with Crippen LogP contribution in [-0.4, -0.2) is 24.0 Å². The molecular weight excluding hydrogens is 194 g/mol. The molecule has 2 saturated heterocycles. The zero-order chi connectivity index (χ0) is 11.0. The number of fused-ring (bicyclic) bond motifs is 2. The smallest absolute Gasteiger partial charge is 0.0127 e. The average Bonchev–Trinajstić information content (AvgIpc) is 2.55. The van der Waals surface area contributed by atoms with Crippen molar-refractivity contribution in [2.75, 3.05) is 7.05 Å². The lowest BCUT2D eigenvalue weighted by Gasteiger charge is -2.37. The Kier molecular flexibility index (Phi) is 2.72. The minimum atomic E-state index is 0.860. The Morgan fingerprint density at radius 2 is 1.81 bits per heavy atom. The standard InChI is InChI=1S/C15H21N/c1-16-14-8-7-13(15(16)10-9-14)11-12-5-3-2-4-6-12/h2-6,13-15H,7-11H2,1H3/t13-,14+,15+/m1/s1. The predicted octanol–water partition coefficient (Wildman–Crippen LogP) is 3.10. The fourth-order valence-corrected chi connectivity index (χ4v) is 3.71. The number of hydrogen-bond donors (Lipinski definition) is 0. The Morgan fingerprint density at radius 1 is 1.06 bits per heavy atom. The first-order valence-corrected chi connectivity index (χ1v) is 6.60. The van der Waals surface area contributed by atoms with E-state index in [0.29, 0.717) is 0 Å². The van der Waals surface area contributed by atoms with Gasteiger partial charge in [0.25, 0.3) is 0 Å². The fourth-order valence-electron chi connectivity index (χ4n) is 3.71. The quantitative estimate of drug-likeness (QED) is 0.732. The van der Waals surface area contributed by atoms with Gasteiger partial charge in [-0.1, -0.05) is 30.3 Å². The molecule has 0 amide bonds. The zero-order valence-corrected chi connectivity index (χ0v) is 10.1. The Hall–Kier alpha value is -0.820. The molecule has 3 rings (SSSR count). The van der Waals surface area contributed by atoms with E-state index in [1.807, 2.05) is 0 Å². The number of hydrogen-bond acceptors (Lipinski definition) is 1. The number of nitrogens with zero attached hydrogens (tertiary/aromatic N) is 1. The topological polar surface area (TPSA) is 3.24 Å². The van der Waals surface area contributed by atoms with Crippen LogP contribution in [0.5, 0.6) is 0 Å². The van der Waals surface area contributed by atoms with Crippen molar-refractivity contribution in [2.45, 2.75) is 44.2 Å². The summed E-state index contributed by atoms with van der Waals surface area (Å²) in [7, 11) is 2.33. The van der Waals surface area contributed by atoms with E-state index in [0.717, 1.165) is 18.0 Å². The largest absolute Gasteiger partial charge is 0.300 e. The van der Waals surface area contributed by atoms with Crippen molar-refractivity contribution in [3.05, 3.63) is 35.9 Å². The summed E-state index contributed by atoms with van der Waals surface area (Å²) in [5.41, 5.74) is 1.52. The van der Waals surface area contributed by atoms with Gasteiger partial charge in [0.05, 0.1) is 0 Å². The highest BCUT2D eigenvalue weighted by atomic mass is 15.2. The maximum atomic E-state index is 2.65. The molecule has 0 N–H and O–H groups in total. The van der Waals surface area contributed by atoms with Gasteiger partial charge in [-0.05, 0) is 50.6 Å². The molecule has 1 aromatic carbocycles. The molecule has 0 radical (unpaired) electrons. The van der Waals surface area contributed by atoms with Crippen LogP contribution < -0.4 is 0 Å². The van der Waals surface area contributed by atoms with E-state index in [4.69, 9.17) is 0 Å². The fraction of sp³-hybridized carbons (Fsp3) is 0.600. The lowest BCUT2D eigenvalue weighted by molar-refractivity contribution is 0.120. The molecule has 0 unspecified atom stereocenters. The van der Waals surface area contributed by atoms with E-state index in [-0.39, 0.29) is 0 Å². The van der Waals surface area contributed by atoms with Gasteiger partial charge in [0.1, 0.15) is 0 Å². The molecule has 2 bridgehead atoms. The van der Waals surface area contributed by atoms with Crippen LogP contribution in [0, 0.1) is 5.92 Å². The summed E-state index contributed by atoms with van der Waals surface area (Å²) >= 11 is 0. The SMILES string of the molecule is CN1[C@H]2CC[C@H](Cc3ccccc3)[C@@H]1CC2. The summed E-state index contributed by atoms with van der Waals surface area (Å²) < 4.78 is 0. The van der Waals surface area contributed by atoms with E-state index < -0.39 is 0 Å². The van der Waals surface area contributed by atoms with Gasteiger partial charge < -0.3 is 4.90 Å². The van der Waals surface area contributed by atoms with Crippen LogP contribution in [0.3, 0.4) is 0 Å². The average molecular weight is 215 g/mol. The molecule has 1 nitrogen and oxygen atoms in total. The summed E-state index contributed by atoms with van der Waals surface area (Å²) in [5, 5.41) is 0. The van der Waals surface area contributed by atoms with Crippen LogP contribution in [0.1, 0.15) is 31.2 Å².